The predicted octanol–water partition coefficient (Wildman–Crippen LogP) is -1.63. The molecule has 0 bridgehead atoms. The largest absolute Gasteiger partial charge is 1.00 e. The molecule has 0 fully saturated rings. The molecule has 0 unspecified atom stereocenters. The third-order valence-corrected chi connectivity index (χ3v) is 3.38. The maximum atomic E-state index is 11.6. The third kappa shape index (κ3) is 1.50. The Kier molecular flexibility index (Phi) is 2.63. The summed E-state index contributed by atoms with van der Waals surface area (Å²) in [4.78, 5) is 17.7. The van der Waals surface area contributed by atoms with Crippen LogP contribution in [0.15, 0.2) is 16.4 Å². The van der Waals surface area contributed by atoms with Gasteiger partial charge in [0.2, 0.25) is 11.0 Å². The highest BCUT2D eigenvalue weighted by Gasteiger charge is 2.17. The zero-order chi connectivity index (χ0) is 9.54. The van der Waals surface area contributed by atoms with Crippen molar-refractivity contribution in [2.75, 3.05) is 0 Å². The molecule has 0 radical (unpaired) electrons. The standard InChI is InChI=1S/C10H8N2OS.ClH/c13-10-9-8(11-5-14-9)6-3-1-2-4-7(6)12-10;/h1,3,5H,2,4H2,(H,12,13);1H. The molecule has 78 valence electrons. The molecule has 0 saturated heterocycles. The van der Waals surface area contributed by atoms with Gasteiger partial charge in [-0.2, -0.15) is 0 Å². The number of H-pyrrole nitrogens is 2. The van der Waals surface area contributed by atoms with Crippen LogP contribution in [0.4, 0.5) is 0 Å². The first-order valence-corrected chi connectivity index (χ1v) is 5.45. The number of hydrogen-bond acceptors (Lipinski definition) is 2. The number of halogens is 1. The average Bonchev–Trinajstić information content (AvgIpc) is 2.67. The van der Waals surface area contributed by atoms with E-state index < -0.39 is 0 Å². The lowest BCUT2D eigenvalue weighted by Crippen LogP contribution is -3.00. The molecule has 2 aromatic heterocycles. The smallest absolute Gasteiger partial charge is 0.272 e. The van der Waals surface area contributed by atoms with Crippen molar-refractivity contribution in [3.63, 3.8) is 0 Å². The number of pyridine rings is 1. The van der Waals surface area contributed by atoms with Gasteiger partial charge >= 0.3 is 0 Å². The lowest BCUT2D eigenvalue weighted by atomic mass is 10.0. The van der Waals surface area contributed by atoms with Crippen molar-refractivity contribution in [3.05, 3.63) is 33.2 Å². The topological polar surface area (TPSA) is 47.0 Å². The first kappa shape index (κ1) is 10.4. The van der Waals surface area contributed by atoms with Gasteiger partial charge in [0.25, 0.3) is 5.56 Å². The molecular weight excluding hydrogens is 232 g/mol. The number of rotatable bonds is 0. The van der Waals surface area contributed by atoms with E-state index in [9.17, 15) is 4.79 Å². The van der Waals surface area contributed by atoms with E-state index in [0.29, 0.717) is 0 Å². The third-order valence-electron chi connectivity index (χ3n) is 2.52. The van der Waals surface area contributed by atoms with E-state index in [0.717, 1.165) is 34.3 Å². The molecule has 3 nitrogen and oxygen atoms in total. The van der Waals surface area contributed by atoms with Crippen LogP contribution >= 0.6 is 11.3 Å². The summed E-state index contributed by atoms with van der Waals surface area (Å²) in [5.41, 5.74) is 5.06. The Labute approximate surface area is 96.3 Å². The normalized spacial score (nSPS) is 13.6. The molecule has 0 atom stereocenters. The van der Waals surface area contributed by atoms with E-state index in [4.69, 9.17) is 0 Å². The minimum Gasteiger partial charge on any atom is -1.00 e. The minimum absolute atomic E-state index is 0. The van der Waals surface area contributed by atoms with Gasteiger partial charge in [-0.15, -0.1) is 0 Å². The minimum atomic E-state index is 0. The fourth-order valence-corrected chi connectivity index (χ4v) is 2.60. The summed E-state index contributed by atoms with van der Waals surface area (Å²) >= 11 is 1.45. The molecule has 0 spiro atoms. The summed E-state index contributed by atoms with van der Waals surface area (Å²) in [6.45, 7) is 0. The molecular formula is C10H9ClN2OS. The lowest BCUT2D eigenvalue weighted by Gasteiger charge is -2.07. The summed E-state index contributed by atoms with van der Waals surface area (Å²) in [6.07, 6.45) is 6.17. The maximum Gasteiger partial charge on any atom is 0.272 e. The molecule has 2 heterocycles. The Morgan fingerprint density at radius 3 is 3.20 bits per heavy atom. The molecule has 0 aromatic carbocycles. The Morgan fingerprint density at radius 1 is 1.47 bits per heavy atom. The zero-order valence-corrected chi connectivity index (χ0v) is 9.41. The molecule has 1 aliphatic rings. The van der Waals surface area contributed by atoms with Crippen molar-refractivity contribution >= 4 is 27.6 Å². The van der Waals surface area contributed by atoms with Gasteiger partial charge in [0, 0.05) is 5.69 Å². The van der Waals surface area contributed by atoms with Crippen molar-refractivity contribution in [1.29, 1.82) is 0 Å². The second-order valence-electron chi connectivity index (χ2n) is 3.37. The predicted molar refractivity (Wildman–Crippen MR) is 56.4 cm³/mol. The van der Waals surface area contributed by atoms with Gasteiger partial charge in [0.05, 0.1) is 5.56 Å². The highest BCUT2D eigenvalue weighted by Crippen LogP contribution is 2.22. The van der Waals surface area contributed by atoms with Gasteiger partial charge in [0.15, 0.2) is 4.70 Å². The quantitative estimate of drug-likeness (QED) is 0.591. The van der Waals surface area contributed by atoms with Crippen LogP contribution in [0.1, 0.15) is 17.7 Å². The highest BCUT2D eigenvalue weighted by atomic mass is 35.5. The van der Waals surface area contributed by atoms with E-state index in [1.807, 2.05) is 5.51 Å². The SMILES string of the molecule is O=c1[nH]c2c(c3[nH+]csc13)C=CCC2.[Cl-]. The second-order valence-corrected chi connectivity index (χ2v) is 4.25. The van der Waals surface area contributed by atoms with E-state index >= 15 is 0 Å². The van der Waals surface area contributed by atoms with Crippen LogP contribution in [0.2, 0.25) is 0 Å². The fourth-order valence-electron chi connectivity index (χ4n) is 1.86. The first-order chi connectivity index (χ1) is 6.86. The van der Waals surface area contributed by atoms with Gasteiger partial charge in [-0.3, -0.25) is 4.79 Å². The summed E-state index contributed by atoms with van der Waals surface area (Å²) < 4.78 is 0.787. The van der Waals surface area contributed by atoms with Crippen molar-refractivity contribution in [3.8, 4) is 0 Å². The number of aryl methyl sites for hydroxylation is 1. The van der Waals surface area contributed by atoms with Crippen molar-refractivity contribution < 1.29 is 17.4 Å². The van der Waals surface area contributed by atoms with Crippen LogP contribution in [0.25, 0.3) is 16.3 Å². The number of allylic oxidation sites excluding steroid dienone is 1. The zero-order valence-electron chi connectivity index (χ0n) is 7.84. The number of aromatic amines is 2. The van der Waals surface area contributed by atoms with Crippen molar-refractivity contribution in [2.24, 2.45) is 0 Å². The molecule has 0 aliphatic heterocycles. The van der Waals surface area contributed by atoms with Gasteiger partial charge in [0.1, 0.15) is 0 Å². The van der Waals surface area contributed by atoms with Crippen LogP contribution in [0, 0.1) is 0 Å². The molecule has 3 rings (SSSR count). The van der Waals surface area contributed by atoms with E-state index in [-0.39, 0.29) is 18.0 Å². The average molecular weight is 241 g/mol. The Balaban J connectivity index is 0.000000853. The molecule has 5 heteroatoms. The summed E-state index contributed by atoms with van der Waals surface area (Å²) in [6, 6.07) is 0. The molecule has 2 aromatic rings. The van der Waals surface area contributed by atoms with Gasteiger partial charge in [-0.25, -0.2) is 4.98 Å². The second kappa shape index (κ2) is 3.79. The highest BCUT2D eigenvalue weighted by molar-refractivity contribution is 7.16. The molecule has 0 amide bonds. The van der Waals surface area contributed by atoms with Gasteiger partial charge in [-0.1, -0.05) is 23.5 Å². The van der Waals surface area contributed by atoms with Crippen LogP contribution in [-0.4, -0.2) is 4.98 Å². The van der Waals surface area contributed by atoms with Crippen LogP contribution < -0.4 is 23.0 Å². The Bertz CT molecular complexity index is 585. The fraction of sp³-hybridized carbons (Fsp3) is 0.200. The Morgan fingerprint density at radius 2 is 2.33 bits per heavy atom. The number of nitrogens with one attached hydrogen (secondary N) is 2. The van der Waals surface area contributed by atoms with Crippen LogP contribution in [-0.2, 0) is 6.42 Å². The van der Waals surface area contributed by atoms with Crippen molar-refractivity contribution in [2.45, 2.75) is 12.8 Å². The number of fused-ring (bicyclic) bond motifs is 3. The lowest BCUT2D eigenvalue weighted by molar-refractivity contribution is -0.338. The number of hydrogen-bond donors (Lipinski definition) is 1. The number of aromatic nitrogens is 2. The Hall–Kier alpha value is -1.13. The van der Waals surface area contributed by atoms with Crippen molar-refractivity contribution in [1.82, 2.24) is 4.98 Å². The summed E-state index contributed by atoms with van der Waals surface area (Å²) in [5.74, 6) is 0. The van der Waals surface area contributed by atoms with Gasteiger partial charge in [-0.05, 0) is 12.8 Å². The van der Waals surface area contributed by atoms with E-state index in [1.165, 1.54) is 11.3 Å². The van der Waals surface area contributed by atoms with Gasteiger partial charge < -0.3 is 17.4 Å². The number of thiazole rings is 1. The maximum absolute atomic E-state index is 11.6. The summed E-state index contributed by atoms with van der Waals surface area (Å²) in [5, 5.41) is 0. The van der Waals surface area contributed by atoms with Crippen LogP contribution in [0.3, 0.4) is 0 Å². The first-order valence-electron chi connectivity index (χ1n) is 4.57. The monoisotopic (exact) mass is 240 g/mol. The molecule has 15 heavy (non-hydrogen) atoms. The molecule has 0 saturated carbocycles. The van der Waals surface area contributed by atoms with E-state index in [2.05, 4.69) is 22.1 Å². The molecule has 2 N–H and O–H groups in total. The molecule has 1 aliphatic carbocycles. The van der Waals surface area contributed by atoms with E-state index in [1.54, 1.807) is 0 Å². The van der Waals surface area contributed by atoms with Crippen LogP contribution in [0.5, 0.6) is 0 Å². The summed E-state index contributed by atoms with van der Waals surface area (Å²) in [7, 11) is 0.